The molecule has 5 nitrogen and oxygen atoms in total. The topological polar surface area (TPSA) is 47.4 Å². The molecule has 34 heavy (non-hydrogen) atoms. The summed E-state index contributed by atoms with van der Waals surface area (Å²) in [7, 11) is 0. The molecule has 1 aliphatic rings. The fourth-order valence-electron chi connectivity index (χ4n) is 4.95. The van der Waals surface area contributed by atoms with Crippen LogP contribution in [0.2, 0.25) is 0 Å². The maximum absolute atomic E-state index is 13.0. The van der Waals surface area contributed by atoms with Crippen molar-refractivity contribution in [3.8, 4) is 5.75 Å². The molecule has 1 aromatic heterocycles. The molecule has 1 atom stereocenters. The highest BCUT2D eigenvalue weighted by Gasteiger charge is 2.34. The van der Waals surface area contributed by atoms with Crippen molar-refractivity contribution in [3.63, 3.8) is 0 Å². The summed E-state index contributed by atoms with van der Waals surface area (Å²) >= 11 is 0. The molecule has 4 aromatic rings. The van der Waals surface area contributed by atoms with E-state index in [1.54, 1.807) is 0 Å². The van der Waals surface area contributed by atoms with Crippen LogP contribution in [0.25, 0.3) is 11.0 Å². The Morgan fingerprint density at radius 3 is 2.44 bits per heavy atom. The predicted octanol–water partition coefficient (Wildman–Crippen LogP) is 5.82. The Morgan fingerprint density at radius 1 is 0.971 bits per heavy atom. The number of benzene rings is 3. The van der Waals surface area contributed by atoms with Gasteiger partial charge in [0.15, 0.2) is 0 Å². The van der Waals surface area contributed by atoms with Crippen LogP contribution < -0.4 is 9.64 Å². The van der Waals surface area contributed by atoms with Crippen molar-refractivity contribution in [1.29, 1.82) is 0 Å². The number of nitrogens with zero attached hydrogens (tertiary/aromatic N) is 3. The molecule has 5 heteroatoms. The molecule has 0 spiro atoms. The highest BCUT2D eigenvalue weighted by Crippen LogP contribution is 2.33. The Bertz CT molecular complexity index is 1300. The number of para-hydroxylation sites is 3. The average Bonchev–Trinajstić information content (AvgIpc) is 3.41. The number of imidazole rings is 1. The van der Waals surface area contributed by atoms with Gasteiger partial charge in [0.05, 0.1) is 17.6 Å². The fraction of sp³-hybridized carbons (Fsp3) is 0.310. The molecule has 1 saturated heterocycles. The van der Waals surface area contributed by atoms with E-state index in [0.29, 0.717) is 26.1 Å². The molecule has 1 fully saturated rings. The van der Waals surface area contributed by atoms with Crippen LogP contribution in [-0.4, -0.2) is 28.6 Å². The Kier molecular flexibility index (Phi) is 6.10. The number of rotatable bonds is 7. The highest BCUT2D eigenvalue weighted by molar-refractivity contribution is 5.96. The summed E-state index contributed by atoms with van der Waals surface area (Å²) in [6.07, 6.45) is 1.46. The van der Waals surface area contributed by atoms with E-state index in [4.69, 9.17) is 9.72 Å². The van der Waals surface area contributed by atoms with Gasteiger partial charge in [0, 0.05) is 24.6 Å². The van der Waals surface area contributed by atoms with E-state index in [2.05, 4.69) is 73.9 Å². The van der Waals surface area contributed by atoms with E-state index in [9.17, 15) is 4.79 Å². The summed E-state index contributed by atoms with van der Waals surface area (Å²) in [4.78, 5) is 19.9. The maximum atomic E-state index is 13.0. The summed E-state index contributed by atoms with van der Waals surface area (Å²) in [5.74, 6) is 2.11. The van der Waals surface area contributed by atoms with Crippen molar-refractivity contribution in [2.75, 3.05) is 18.1 Å². The molecule has 0 N–H and O–H groups in total. The average molecular weight is 454 g/mol. The van der Waals surface area contributed by atoms with E-state index in [0.717, 1.165) is 45.8 Å². The van der Waals surface area contributed by atoms with Gasteiger partial charge in [-0.3, -0.25) is 4.79 Å². The van der Waals surface area contributed by atoms with Crippen LogP contribution in [0.3, 0.4) is 0 Å². The van der Waals surface area contributed by atoms with Gasteiger partial charge in [-0.25, -0.2) is 4.98 Å². The number of carbonyl (C=O) groups excluding carboxylic acids is 1. The van der Waals surface area contributed by atoms with Gasteiger partial charge in [-0.15, -0.1) is 0 Å². The van der Waals surface area contributed by atoms with Crippen molar-refractivity contribution in [3.05, 3.63) is 89.2 Å². The van der Waals surface area contributed by atoms with E-state index < -0.39 is 0 Å². The van der Waals surface area contributed by atoms with Gasteiger partial charge in [0.2, 0.25) is 5.91 Å². The van der Waals surface area contributed by atoms with Crippen LogP contribution in [-0.2, 0) is 17.8 Å². The van der Waals surface area contributed by atoms with E-state index >= 15 is 0 Å². The largest absolute Gasteiger partial charge is 0.491 e. The van der Waals surface area contributed by atoms with Gasteiger partial charge in [-0.1, -0.05) is 49.4 Å². The molecule has 1 amide bonds. The van der Waals surface area contributed by atoms with Gasteiger partial charge >= 0.3 is 0 Å². The van der Waals surface area contributed by atoms with E-state index in [1.165, 1.54) is 5.56 Å². The van der Waals surface area contributed by atoms with E-state index in [1.807, 2.05) is 23.1 Å². The van der Waals surface area contributed by atoms with E-state index in [-0.39, 0.29) is 11.8 Å². The minimum absolute atomic E-state index is 0.0472. The first-order valence-corrected chi connectivity index (χ1v) is 12.1. The summed E-state index contributed by atoms with van der Waals surface area (Å²) in [5.41, 5.74) is 6.57. The Labute approximate surface area is 201 Å². The Morgan fingerprint density at radius 2 is 1.71 bits per heavy atom. The van der Waals surface area contributed by atoms with Gasteiger partial charge in [0.25, 0.3) is 0 Å². The standard InChI is InChI=1S/C29H31N3O2/c1-4-22-12-14-24(15-13-22)32-19-23(18-27(32)33)29-30-25-10-5-6-11-26(25)31(29)16-17-34-28-20(2)8-7-9-21(28)3/h5-15,23H,4,16-19H2,1-3H3/t23-/m0/s1. The smallest absolute Gasteiger partial charge is 0.227 e. The third kappa shape index (κ3) is 4.18. The molecule has 1 aliphatic heterocycles. The predicted molar refractivity (Wildman–Crippen MR) is 137 cm³/mol. The second-order valence-electron chi connectivity index (χ2n) is 9.11. The molecule has 0 saturated carbocycles. The fourth-order valence-corrected chi connectivity index (χ4v) is 4.95. The lowest BCUT2D eigenvalue weighted by Crippen LogP contribution is -2.24. The number of aryl methyl sites for hydroxylation is 3. The third-order valence-corrected chi connectivity index (χ3v) is 6.80. The second-order valence-corrected chi connectivity index (χ2v) is 9.11. The number of fused-ring (bicyclic) bond motifs is 1. The number of hydrogen-bond acceptors (Lipinski definition) is 3. The first kappa shape index (κ1) is 22.2. The summed E-state index contributed by atoms with van der Waals surface area (Å²) < 4.78 is 8.46. The quantitative estimate of drug-likeness (QED) is 0.354. The molecule has 0 aliphatic carbocycles. The maximum Gasteiger partial charge on any atom is 0.227 e. The van der Waals surface area contributed by atoms with Crippen LogP contribution in [0, 0.1) is 13.8 Å². The lowest BCUT2D eigenvalue weighted by atomic mass is 10.1. The summed E-state index contributed by atoms with van der Waals surface area (Å²) in [5, 5.41) is 0. The van der Waals surface area contributed by atoms with Crippen LogP contribution in [0.15, 0.2) is 66.7 Å². The summed E-state index contributed by atoms with van der Waals surface area (Å²) in [6, 6.07) is 22.7. The van der Waals surface area contributed by atoms with Gasteiger partial charge in [0.1, 0.15) is 18.2 Å². The molecule has 2 heterocycles. The molecule has 174 valence electrons. The second kappa shape index (κ2) is 9.34. The Hall–Kier alpha value is -3.60. The number of anilines is 1. The third-order valence-electron chi connectivity index (χ3n) is 6.80. The molecule has 0 bridgehead atoms. The number of hydrogen-bond donors (Lipinski definition) is 0. The van der Waals surface area contributed by atoms with Gasteiger partial charge < -0.3 is 14.2 Å². The van der Waals surface area contributed by atoms with Crippen molar-refractivity contribution >= 4 is 22.6 Å². The lowest BCUT2D eigenvalue weighted by Gasteiger charge is -2.18. The highest BCUT2D eigenvalue weighted by atomic mass is 16.5. The van der Waals surface area contributed by atoms with Crippen molar-refractivity contribution in [2.45, 2.75) is 46.1 Å². The number of aromatic nitrogens is 2. The van der Waals surface area contributed by atoms with Crippen molar-refractivity contribution in [2.24, 2.45) is 0 Å². The van der Waals surface area contributed by atoms with Crippen LogP contribution in [0.5, 0.6) is 5.75 Å². The SMILES string of the molecule is CCc1ccc(N2C[C@@H](c3nc4ccccc4n3CCOc3c(C)cccc3C)CC2=O)cc1. The minimum Gasteiger partial charge on any atom is -0.491 e. The molecule has 3 aromatic carbocycles. The molecule has 0 unspecified atom stereocenters. The first-order valence-electron chi connectivity index (χ1n) is 12.1. The molecule has 0 radical (unpaired) electrons. The molecular weight excluding hydrogens is 422 g/mol. The number of carbonyl (C=O) groups is 1. The first-order chi connectivity index (χ1) is 16.5. The Balaban J connectivity index is 1.40. The van der Waals surface area contributed by atoms with Crippen LogP contribution >= 0.6 is 0 Å². The molecular formula is C29H31N3O2. The lowest BCUT2D eigenvalue weighted by molar-refractivity contribution is -0.117. The zero-order chi connectivity index (χ0) is 23.7. The summed E-state index contributed by atoms with van der Waals surface area (Å²) in [6.45, 7) is 8.16. The zero-order valence-electron chi connectivity index (χ0n) is 20.1. The van der Waals surface area contributed by atoms with Crippen molar-refractivity contribution < 1.29 is 9.53 Å². The number of amides is 1. The molecule has 5 rings (SSSR count). The monoisotopic (exact) mass is 453 g/mol. The van der Waals surface area contributed by atoms with Crippen LogP contribution in [0.1, 0.15) is 41.8 Å². The zero-order valence-corrected chi connectivity index (χ0v) is 20.1. The van der Waals surface area contributed by atoms with Gasteiger partial charge in [-0.2, -0.15) is 0 Å². The number of ether oxygens (including phenoxy) is 1. The van der Waals surface area contributed by atoms with Crippen molar-refractivity contribution in [1.82, 2.24) is 9.55 Å². The van der Waals surface area contributed by atoms with Gasteiger partial charge in [-0.05, 0) is 61.2 Å². The normalized spacial score (nSPS) is 15.9. The van der Waals surface area contributed by atoms with Crippen LogP contribution in [0.4, 0.5) is 5.69 Å². The minimum atomic E-state index is 0.0472.